The predicted molar refractivity (Wildman–Crippen MR) is 107 cm³/mol. The summed E-state index contributed by atoms with van der Waals surface area (Å²) in [5, 5.41) is 0. The molecule has 158 valence electrons. The largest absolute Gasteiger partial charge is 0.498 e. The average molecular weight is 395 g/mol. The molecule has 0 radical (unpaired) electrons. The number of hydrogen-bond acceptors (Lipinski definition) is 7. The van der Waals surface area contributed by atoms with Gasteiger partial charge in [0, 0.05) is 38.8 Å². The first kappa shape index (κ1) is 22.5. The number of ether oxygens (including phenoxy) is 4. The van der Waals surface area contributed by atoms with Crippen LogP contribution in [0.5, 0.6) is 0 Å². The highest BCUT2D eigenvalue weighted by Crippen LogP contribution is 2.03. The van der Waals surface area contributed by atoms with Gasteiger partial charge < -0.3 is 23.8 Å². The molecule has 0 aliphatic carbocycles. The molecule has 0 unspecified atom stereocenters. The number of nitrogens with zero attached hydrogens (tertiary/aromatic N) is 2. The molecule has 0 aromatic rings. The Morgan fingerprint density at radius 3 is 2.79 bits per heavy atom. The second-order valence-corrected chi connectivity index (χ2v) is 6.76. The van der Waals surface area contributed by atoms with Crippen LogP contribution in [0.15, 0.2) is 30.3 Å². The van der Waals surface area contributed by atoms with Crippen LogP contribution in [0, 0.1) is 0 Å². The second-order valence-electron chi connectivity index (χ2n) is 6.76. The minimum atomic E-state index is -0.101. The standard InChI is InChI=1S/C21H34N2O5/c24-21(28-20-13-23-11-18-27-19-12-23)7-5-3-1-2-4-6-14-25-15-8-22-9-16-26-17-10-22/h2,6,9,16H,1,3,5,7-8,10-15,17-20H2. The molecule has 0 amide bonds. The number of esters is 1. The third-order valence-electron chi connectivity index (χ3n) is 4.58. The summed E-state index contributed by atoms with van der Waals surface area (Å²) in [4.78, 5) is 16.1. The van der Waals surface area contributed by atoms with E-state index in [9.17, 15) is 4.79 Å². The summed E-state index contributed by atoms with van der Waals surface area (Å²) in [6.07, 6.45) is 10.8. The van der Waals surface area contributed by atoms with E-state index in [4.69, 9.17) is 18.9 Å². The van der Waals surface area contributed by atoms with Crippen molar-refractivity contribution in [1.82, 2.24) is 9.80 Å². The summed E-state index contributed by atoms with van der Waals surface area (Å²) in [5.74, 6) is -0.101. The van der Waals surface area contributed by atoms with Gasteiger partial charge in [0.05, 0.1) is 39.2 Å². The number of carbonyl (C=O) groups excluding carboxylic acids is 1. The highest BCUT2D eigenvalue weighted by molar-refractivity contribution is 5.69. The number of morpholine rings is 1. The molecule has 28 heavy (non-hydrogen) atoms. The normalized spacial score (nSPS) is 16.9. The Morgan fingerprint density at radius 1 is 1.07 bits per heavy atom. The van der Waals surface area contributed by atoms with Gasteiger partial charge in [-0.3, -0.25) is 9.69 Å². The first-order valence-corrected chi connectivity index (χ1v) is 10.3. The Labute approximate surface area is 168 Å². The van der Waals surface area contributed by atoms with Gasteiger partial charge in [-0.2, -0.15) is 0 Å². The zero-order valence-electron chi connectivity index (χ0n) is 16.9. The molecule has 0 spiro atoms. The fourth-order valence-electron chi connectivity index (χ4n) is 2.87. The third-order valence-corrected chi connectivity index (χ3v) is 4.58. The molecule has 2 heterocycles. The molecular weight excluding hydrogens is 360 g/mol. The van der Waals surface area contributed by atoms with Crippen LogP contribution in [0.3, 0.4) is 0 Å². The lowest BCUT2D eigenvalue weighted by Gasteiger charge is -2.26. The van der Waals surface area contributed by atoms with Gasteiger partial charge in [0.2, 0.25) is 0 Å². The van der Waals surface area contributed by atoms with E-state index in [-0.39, 0.29) is 5.97 Å². The summed E-state index contributed by atoms with van der Waals surface area (Å²) in [5.41, 5.74) is 3.13. The Balaban J connectivity index is 1.36. The molecule has 7 heteroatoms. The Bertz CT molecular complexity index is 511. The van der Waals surface area contributed by atoms with Crippen molar-refractivity contribution >= 4 is 5.97 Å². The maximum absolute atomic E-state index is 11.7. The Morgan fingerprint density at radius 2 is 1.96 bits per heavy atom. The highest BCUT2D eigenvalue weighted by atomic mass is 16.5. The monoisotopic (exact) mass is 394 g/mol. The minimum absolute atomic E-state index is 0.101. The summed E-state index contributed by atoms with van der Waals surface area (Å²) in [6.45, 7) is 8.46. The molecule has 0 N–H and O–H groups in total. The zero-order chi connectivity index (χ0) is 19.7. The molecule has 0 saturated carbocycles. The first-order chi connectivity index (χ1) is 13.8. The van der Waals surface area contributed by atoms with Crippen molar-refractivity contribution in [1.29, 1.82) is 0 Å². The van der Waals surface area contributed by atoms with Crippen molar-refractivity contribution in [3.05, 3.63) is 30.3 Å². The molecule has 0 aromatic heterocycles. The summed E-state index contributed by atoms with van der Waals surface area (Å²) >= 11 is 0. The van der Waals surface area contributed by atoms with Crippen LogP contribution < -0.4 is 0 Å². The van der Waals surface area contributed by atoms with Crippen molar-refractivity contribution in [2.75, 3.05) is 72.4 Å². The van der Waals surface area contributed by atoms with Crippen LogP contribution in [0.2, 0.25) is 0 Å². The smallest absolute Gasteiger partial charge is 0.305 e. The maximum atomic E-state index is 11.7. The number of rotatable bonds is 13. The topological polar surface area (TPSA) is 60.5 Å². The van der Waals surface area contributed by atoms with Crippen molar-refractivity contribution in [3.63, 3.8) is 0 Å². The average Bonchev–Trinajstić information content (AvgIpc) is 2.73. The summed E-state index contributed by atoms with van der Waals surface area (Å²) in [7, 11) is 0. The quantitative estimate of drug-likeness (QED) is 0.269. The van der Waals surface area contributed by atoms with E-state index in [2.05, 4.69) is 15.5 Å². The van der Waals surface area contributed by atoms with Crippen LogP contribution >= 0.6 is 0 Å². The Hall–Kier alpha value is -1.79. The van der Waals surface area contributed by atoms with Crippen LogP contribution in [-0.2, 0) is 23.7 Å². The second kappa shape index (κ2) is 15.2. The van der Waals surface area contributed by atoms with Crippen LogP contribution in [-0.4, -0.2) is 88.1 Å². The van der Waals surface area contributed by atoms with Gasteiger partial charge >= 0.3 is 5.97 Å². The number of unbranched alkanes of at least 4 members (excludes halogenated alkanes) is 2. The van der Waals surface area contributed by atoms with Crippen molar-refractivity contribution < 1.29 is 23.7 Å². The predicted octanol–water partition coefficient (Wildman–Crippen LogP) is 1.95. The fraction of sp³-hybridized carbons (Fsp3) is 0.714. The van der Waals surface area contributed by atoms with Gasteiger partial charge in [0.15, 0.2) is 0 Å². The van der Waals surface area contributed by atoms with Gasteiger partial charge in [-0.25, -0.2) is 0 Å². The Kier molecular flexibility index (Phi) is 12.2. The molecular formula is C21H34N2O5. The van der Waals surface area contributed by atoms with Crippen LogP contribution in [0.25, 0.3) is 0 Å². The molecule has 2 aliphatic heterocycles. The van der Waals surface area contributed by atoms with Crippen molar-refractivity contribution in [3.8, 4) is 0 Å². The van der Waals surface area contributed by atoms with Crippen molar-refractivity contribution in [2.24, 2.45) is 0 Å². The number of hydrogen-bond donors (Lipinski definition) is 0. The minimum Gasteiger partial charge on any atom is -0.498 e. The van der Waals surface area contributed by atoms with E-state index in [1.165, 1.54) is 0 Å². The van der Waals surface area contributed by atoms with E-state index >= 15 is 0 Å². The van der Waals surface area contributed by atoms with Crippen LogP contribution in [0.1, 0.15) is 25.7 Å². The molecule has 1 fully saturated rings. The van der Waals surface area contributed by atoms with Gasteiger partial charge in [0.1, 0.15) is 13.2 Å². The van der Waals surface area contributed by atoms with E-state index in [1.807, 2.05) is 18.4 Å². The fourth-order valence-corrected chi connectivity index (χ4v) is 2.87. The van der Waals surface area contributed by atoms with Gasteiger partial charge in [-0.15, -0.1) is 5.73 Å². The molecule has 0 bridgehead atoms. The van der Waals surface area contributed by atoms with Crippen molar-refractivity contribution in [2.45, 2.75) is 25.7 Å². The van der Waals surface area contributed by atoms with Gasteiger partial charge in [-0.1, -0.05) is 0 Å². The lowest BCUT2D eigenvalue weighted by Crippen LogP contribution is -2.38. The van der Waals surface area contributed by atoms with E-state index < -0.39 is 0 Å². The maximum Gasteiger partial charge on any atom is 0.305 e. The molecule has 7 nitrogen and oxygen atoms in total. The molecule has 0 atom stereocenters. The van der Waals surface area contributed by atoms with E-state index in [0.717, 1.165) is 71.8 Å². The first-order valence-electron chi connectivity index (χ1n) is 10.3. The summed E-state index contributed by atoms with van der Waals surface area (Å²) in [6, 6.07) is 0. The lowest BCUT2D eigenvalue weighted by atomic mass is 10.2. The van der Waals surface area contributed by atoms with E-state index in [0.29, 0.717) is 26.2 Å². The highest BCUT2D eigenvalue weighted by Gasteiger charge is 2.10. The van der Waals surface area contributed by atoms with Gasteiger partial charge in [-0.05, 0) is 31.4 Å². The number of carbonyl (C=O) groups is 1. The van der Waals surface area contributed by atoms with Gasteiger partial charge in [0.25, 0.3) is 0 Å². The van der Waals surface area contributed by atoms with Crippen LogP contribution in [0.4, 0.5) is 0 Å². The molecule has 1 saturated heterocycles. The molecule has 2 rings (SSSR count). The SMILES string of the molecule is O=C(CCCCC=C=CCOCCN1C=COCC1)OCCN1CCOCC1. The third kappa shape index (κ3) is 11.1. The lowest BCUT2D eigenvalue weighted by molar-refractivity contribution is -0.144. The molecule has 0 aromatic carbocycles. The van der Waals surface area contributed by atoms with E-state index in [1.54, 1.807) is 6.26 Å². The summed E-state index contributed by atoms with van der Waals surface area (Å²) < 4.78 is 21.3. The zero-order valence-corrected chi connectivity index (χ0v) is 16.9. The molecule has 2 aliphatic rings.